The van der Waals surface area contributed by atoms with Crippen LogP contribution in [0, 0.1) is 6.92 Å². The lowest BCUT2D eigenvalue weighted by Gasteiger charge is -2.26. The number of aromatic hydroxyl groups is 1. The lowest BCUT2D eigenvalue weighted by atomic mass is 9.94. The maximum Gasteiger partial charge on any atom is 0.294 e. The van der Waals surface area contributed by atoms with E-state index in [1.165, 1.54) is 24.3 Å². The molecule has 1 heterocycles. The Morgan fingerprint density at radius 2 is 1.55 bits per heavy atom. The first-order valence-electron chi connectivity index (χ1n) is 12.9. The first-order valence-corrected chi connectivity index (χ1v) is 15.2. The second-order valence-corrected chi connectivity index (χ2v) is 12.1. The Balaban J connectivity index is 0.000000369. The van der Waals surface area contributed by atoms with E-state index in [1.807, 2.05) is 37.3 Å². The van der Waals surface area contributed by atoms with E-state index in [9.17, 15) is 23.1 Å². The molecule has 0 saturated carbocycles. The van der Waals surface area contributed by atoms with Gasteiger partial charge in [-0.05, 0) is 71.1 Å². The SMILES string of the molecule is Cc1ccc(S(=O)(=O)O)cc1.N[C@@H](Cc1ccc(O)cc1)C(=O)NC(C(=O)[C@@H](N)Cc1ccccc1)C1CC(Br)=NO1. The van der Waals surface area contributed by atoms with Crippen LogP contribution in [-0.2, 0) is 37.4 Å². The van der Waals surface area contributed by atoms with E-state index < -0.39 is 40.3 Å². The van der Waals surface area contributed by atoms with E-state index in [1.54, 1.807) is 24.3 Å². The van der Waals surface area contributed by atoms with E-state index in [-0.39, 0.29) is 22.8 Å². The van der Waals surface area contributed by atoms with E-state index in [0.29, 0.717) is 17.5 Å². The summed E-state index contributed by atoms with van der Waals surface area (Å²) in [5.74, 6) is -0.717. The molecule has 4 atom stereocenters. The highest BCUT2D eigenvalue weighted by atomic mass is 79.9. The van der Waals surface area contributed by atoms with E-state index in [2.05, 4.69) is 26.4 Å². The lowest BCUT2D eigenvalue weighted by Crippen LogP contribution is -2.57. The third-order valence-corrected chi connectivity index (χ3v) is 7.68. The maximum atomic E-state index is 13.1. The average Bonchev–Trinajstić information content (AvgIpc) is 3.38. The highest BCUT2D eigenvalue weighted by molar-refractivity contribution is 9.18. The van der Waals surface area contributed by atoms with Crippen LogP contribution < -0.4 is 16.8 Å². The molecule has 11 nitrogen and oxygen atoms in total. The highest BCUT2D eigenvalue weighted by Crippen LogP contribution is 2.20. The lowest BCUT2D eigenvalue weighted by molar-refractivity contribution is -0.132. The Kier molecular flexibility index (Phi) is 11.8. The van der Waals surface area contributed by atoms with Crippen molar-refractivity contribution in [3.8, 4) is 5.75 Å². The summed E-state index contributed by atoms with van der Waals surface area (Å²) < 4.78 is 30.1. The molecule has 13 heteroatoms. The Morgan fingerprint density at radius 3 is 2.10 bits per heavy atom. The first kappa shape index (κ1) is 32.9. The molecule has 2 unspecified atom stereocenters. The van der Waals surface area contributed by atoms with Crippen LogP contribution in [0.15, 0.2) is 88.9 Å². The number of aryl methyl sites for hydroxylation is 1. The summed E-state index contributed by atoms with van der Waals surface area (Å²) in [6.45, 7) is 1.84. The molecule has 0 aromatic heterocycles. The predicted molar refractivity (Wildman–Crippen MR) is 162 cm³/mol. The third kappa shape index (κ3) is 10.0. The second kappa shape index (κ2) is 15.0. The van der Waals surface area contributed by atoms with Crippen molar-refractivity contribution in [3.63, 3.8) is 0 Å². The minimum absolute atomic E-state index is 0.0666. The van der Waals surface area contributed by atoms with Gasteiger partial charge in [0, 0.05) is 6.42 Å². The summed E-state index contributed by atoms with van der Waals surface area (Å²) in [5, 5.41) is 15.9. The molecular weight excluding hydrogens is 628 g/mol. The van der Waals surface area contributed by atoms with Gasteiger partial charge in [0.15, 0.2) is 11.9 Å². The fraction of sp³-hybridized carbons (Fsp3) is 0.276. The fourth-order valence-electron chi connectivity index (χ4n) is 4.04. The minimum atomic E-state index is -4.02. The number of carbonyl (C=O) groups excluding carboxylic acids is 2. The highest BCUT2D eigenvalue weighted by Gasteiger charge is 2.38. The number of benzene rings is 3. The summed E-state index contributed by atoms with van der Waals surface area (Å²) in [7, 11) is -4.02. The van der Waals surface area contributed by atoms with Gasteiger partial charge in [-0.1, -0.05) is 65.3 Å². The van der Waals surface area contributed by atoms with Crippen LogP contribution in [0.1, 0.15) is 23.1 Å². The van der Waals surface area contributed by atoms with Crippen molar-refractivity contribution in [2.75, 3.05) is 0 Å². The van der Waals surface area contributed by atoms with Gasteiger partial charge in [-0.15, -0.1) is 0 Å². The molecule has 3 aromatic rings. The molecule has 0 bridgehead atoms. The number of hydrogen-bond acceptors (Lipinski definition) is 9. The molecule has 0 aliphatic carbocycles. The molecule has 0 fully saturated rings. The van der Waals surface area contributed by atoms with Crippen molar-refractivity contribution in [3.05, 3.63) is 95.6 Å². The van der Waals surface area contributed by atoms with Crippen LogP contribution >= 0.6 is 15.9 Å². The van der Waals surface area contributed by atoms with Gasteiger partial charge in [-0.2, -0.15) is 8.42 Å². The Morgan fingerprint density at radius 1 is 0.976 bits per heavy atom. The molecule has 42 heavy (non-hydrogen) atoms. The number of nitrogens with two attached hydrogens (primary N) is 2. The molecule has 0 saturated heterocycles. The predicted octanol–water partition coefficient (Wildman–Crippen LogP) is 2.62. The van der Waals surface area contributed by atoms with Crippen LogP contribution in [-0.4, -0.2) is 58.6 Å². The first-order chi connectivity index (χ1) is 19.8. The number of halogens is 1. The van der Waals surface area contributed by atoms with Crippen molar-refractivity contribution in [1.29, 1.82) is 0 Å². The quantitative estimate of drug-likeness (QED) is 0.203. The maximum absolute atomic E-state index is 13.1. The number of hydrogen-bond donors (Lipinski definition) is 5. The second-order valence-electron chi connectivity index (χ2n) is 9.77. The number of ketones is 1. The molecule has 4 rings (SSSR count). The van der Waals surface area contributed by atoms with Gasteiger partial charge in [-0.3, -0.25) is 14.1 Å². The topological polar surface area (TPSA) is 194 Å². The van der Waals surface area contributed by atoms with Gasteiger partial charge < -0.3 is 26.7 Å². The van der Waals surface area contributed by atoms with Crippen molar-refractivity contribution in [1.82, 2.24) is 5.32 Å². The molecule has 0 spiro atoms. The number of carbonyl (C=O) groups is 2. The number of rotatable bonds is 10. The number of amides is 1. The van der Waals surface area contributed by atoms with E-state index in [0.717, 1.165) is 16.7 Å². The summed E-state index contributed by atoms with van der Waals surface area (Å²) in [4.78, 5) is 31.2. The summed E-state index contributed by atoms with van der Waals surface area (Å²) >= 11 is 3.26. The molecule has 224 valence electrons. The standard InChI is InChI=1S/C22H25BrN4O4.C7H8O3S/c23-19-12-18(31-27-19)20(21(29)16(24)10-13-4-2-1-3-5-13)26-22(30)17(25)11-14-6-8-15(28)9-7-14;1-6-2-4-7(5-3-6)11(8,9)10/h1-9,16-18,20,28H,10-12,24-25H2,(H,26,30);2-5H,1H3,(H,8,9,10)/t16-,17-,18?,20?;/m0./s1. The molecule has 3 aromatic carbocycles. The Labute approximate surface area is 252 Å². The fourth-order valence-corrected chi connectivity index (χ4v) is 4.92. The molecule has 1 aliphatic heterocycles. The van der Waals surface area contributed by atoms with E-state index >= 15 is 0 Å². The smallest absolute Gasteiger partial charge is 0.294 e. The Hall–Kier alpha value is -3.62. The van der Waals surface area contributed by atoms with Crippen LogP contribution in [0.25, 0.3) is 0 Å². The van der Waals surface area contributed by atoms with Crippen LogP contribution in [0.2, 0.25) is 0 Å². The van der Waals surface area contributed by atoms with Crippen LogP contribution in [0.4, 0.5) is 0 Å². The minimum Gasteiger partial charge on any atom is -0.508 e. The average molecular weight is 662 g/mol. The monoisotopic (exact) mass is 660 g/mol. The number of nitrogens with zero attached hydrogens (tertiary/aromatic N) is 1. The van der Waals surface area contributed by atoms with Gasteiger partial charge in [0.25, 0.3) is 10.1 Å². The van der Waals surface area contributed by atoms with E-state index in [4.69, 9.17) is 20.9 Å². The van der Waals surface area contributed by atoms with Crippen LogP contribution in [0.3, 0.4) is 0 Å². The van der Waals surface area contributed by atoms with Crippen LogP contribution in [0.5, 0.6) is 5.75 Å². The number of Topliss-reactive ketones (excluding diaryl/α,β-unsaturated/α-hetero) is 1. The number of oxime groups is 1. The zero-order valence-electron chi connectivity index (χ0n) is 22.8. The van der Waals surface area contributed by atoms with Crippen molar-refractivity contribution in [2.24, 2.45) is 16.6 Å². The third-order valence-electron chi connectivity index (χ3n) is 6.34. The number of phenols is 1. The van der Waals surface area contributed by atoms with Crippen molar-refractivity contribution >= 4 is 42.4 Å². The number of phenolic OH excluding ortho intramolecular Hbond substituents is 1. The summed E-state index contributed by atoms with van der Waals surface area (Å²) in [6, 6.07) is 19.1. The van der Waals surface area contributed by atoms with Gasteiger partial charge in [0.05, 0.1) is 17.0 Å². The number of nitrogens with one attached hydrogen (secondary N) is 1. The van der Waals surface area contributed by atoms with Gasteiger partial charge >= 0.3 is 0 Å². The summed E-state index contributed by atoms with van der Waals surface area (Å²) in [6.07, 6.45) is 0.241. The largest absolute Gasteiger partial charge is 0.508 e. The zero-order valence-corrected chi connectivity index (χ0v) is 25.2. The Bertz CT molecular complexity index is 1480. The summed E-state index contributed by atoms with van der Waals surface area (Å²) in [5.41, 5.74) is 14.9. The molecule has 7 N–H and O–H groups in total. The molecule has 1 amide bonds. The molecular formula is C29H33BrN4O7S. The zero-order chi connectivity index (χ0) is 30.9. The normalized spacial score (nSPS) is 16.6. The van der Waals surface area contributed by atoms with Crippen molar-refractivity contribution in [2.45, 2.75) is 55.3 Å². The van der Waals surface area contributed by atoms with Gasteiger partial charge in [0.1, 0.15) is 16.4 Å². The van der Waals surface area contributed by atoms with Gasteiger partial charge in [0.2, 0.25) is 5.91 Å². The van der Waals surface area contributed by atoms with Gasteiger partial charge in [-0.25, -0.2) is 0 Å². The van der Waals surface area contributed by atoms with Crippen molar-refractivity contribution < 1.29 is 32.5 Å². The molecule has 0 radical (unpaired) electrons. The molecule has 1 aliphatic rings.